The summed E-state index contributed by atoms with van der Waals surface area (Å²) in [5, 5.41) is 24.4. The lowest BCUT2D eigenvalue weighted by Crippen LogP contribution is -2.32. The number of hydrogen-bond acceptors (Lipinski definition) is 6. The van der Waals surface area contributed by atoms with Crippen molar-refractivity contribution in [3.05, 3.63) is 0 Å². The third-order valence-corrected chi connectivity index (χ3v) is 2.00. The summed E-state index contributed by atoms with van der Waals surface area (Å²) in [5.74, 6) is -3.43. The molecule has 2 atom stereocenters. The second-order valence-electron chi connectivity index (χ2n) is 3.77. The molecule has 9 heteroatoms. The number of nitrogens with two attached hydrogens (primary N) is 3. The van der Waals surface area contributed by atoms with Crippen LogP contribution in [0.3, 0.4) is 0 Å². The number of aliphatic carboxylic acids is 3. The van der Waals surface area contributed by atoms with E-state index < -0.39 is 36.4 Å². The molecule has 0 aliphatic carbocycles. The summed E-state index contributed by atoms with van der Waals surface area (Å²) in [6.45, 7) is 0.604. The maximum atomic E-state index is 10.1. The van der Waals surface area contributed by atoms with Crippen molar-refractivity contribution in [2.75, 3.05) is 6.54 Å². The molecule has 0 aliphatic rings. The van der Waals surface area contributed by atoms with Gasteiger partial charge in [0, 0.05) is 0 Å². The molecular weight excluding hydrogens is 258 g/mol. The van der Waals surface area contributed by atoms with Gasteiger partial charge in [-0.15, -0.1) is 0 Å². The number of unbranched alkanes of at least 4 members (excludes halogenated alkanes) is 1. The highest BCUT2D eigenvalue weighted by Gasteiger charge is 2.14. The van der Waals surface area contributed by atoms with E-state index in [1.807, 2.05) is 0 Å². The van der Waals surface area contributed by atoms with Crippen LogP contribution in [0, 0.1) is 0 Å². The molecular formula is C10H21N3O6. The lowest BCUT2D eigenvalue weighted by molar-refractivity contribution is -0.144. The molecule has 0 fully saturated rings. The Morgan fingerprint density at radius 3 is 1.63 bits per heavy atom. The maximum Gasteiger partial charge on any atom is 0.321 e. The minimum atomic E-state index is -1.29. The van der Waals surface area contributed by atoms with Gasteiger partial charge in [0.2, 0.25) is 0 Å². The quantitative estimate of drug-likeness (QED) is 0.284. The van der Waals surface area contributed by atoms with Gasteiger partial charge in [-0.3, -0.25) is 14.4 Å². The number of carboxylic acid groups (broad SMARTS) is 3. The molecule has 112 valence electrons. The zero-order valence-electron chi connectivity index (χ0n) is 10.5. The van der Waals surface area contributed by atoms with E-state index in [0.29, 0.717) is 13.0 Å². The summed E-state index contributed by atoms with van der Waals surface area (Å²) in [6, 6.07) is -2.01. The topological polar surface area (TPSA) is 190 Å². The number of carbonyl (C=O) groups is 3. The van der Waals surface area contributed by atoms with Crippen LogP contribution in [0.1, 0.15) is 25.7 Å². The lowest BCUT2D eigenvalue weighted by atomic mass is 10.1. The first kappa shape index (κ1) is 19.6. The van der Waals surface area contributed by atoms with Crippen molar-refractivity contribution in [1.82, 2.24) is 0 Å². The number of rotatable bonds is 8. The van der Waals surface area contributed by atoms with Gasteiger partial charge in [-0.05, 0) is 19.4 Å². The SMILES string of the molecule is NCCCCC(N)C(=O)O.N[C@@H](CC(=O)O)C(=O)O. The fourth-order valence-electron chi connectivity index (χ4n) is 0.908. The van der Waals surface area contributed by atoms with Gasteiger partial charge in [0.15, 0.2) is 0 Å². The van der Waals surface area contributed by atoms with Crippen molar-refractivity contribution in [1.29, 1.82) is 0 Å². The molecule has 0 aromatic rings. The van der Waals surface area contributed by atoms with Crippen LogP contribution < -0.4 is 17.2 Å². The van der Waals surface area contributed by atoms with E-state index in [4.69, 9.17) is 32.5 Å². The third-order valence-electron chi connectivity index (χ3n) is 2.00. The molecule has 0 radical (unpaired) electrons. The van der Waals surface area contributed by atoms with Crippen LogP contribution in [0.2, 0.25) is 0 Å². The van der Waals surface area contributed by atoms with E-state index in [1.165, 1.54) is 0 Å². The van der Waals surface area contributed by atoms with E-state index >= 15 is 0 Å². The zero-order chi connectivity index (χ0) is 15.4. The van der Waals surface area contributed by atoms with Gasteiger partial charge in [0.05, 0.1) is 6.42 Å². The van der Waals surface area contributed by atoms with E-state index in [0.717, 1.165) is 12.8 Å². The largest absolute Gasteiger partial charge is 0.481 e. The van der Waals surface area contributed by atoms with Crippen LogP contribution in [0.15, 0.2) is 0 Å². The van der Waals surface area contributed by atoms with Crippen LogP contribution in [0.25, 0.3) is 0 Å². The molecule has 0 heterocycles. The fourth-order valence-corrected chi connectivity index (χ4v) is 0.908. The fraction of sp³-hybridized carbons (Fsp3) is 0.700. The zero-order valence-corrected chi connectivity index (χ0v) is 10.5. The molecule has 9 nitrogen and oxygen atoms in total. The maximum absolute atomic E-state index is 10.1. The lowest BCUT2D eigenvalue weighted by Gasteiger charge is -2.03. The van der Waals surface area contributed by atoms with E-state index in [9.17, 15) is 14.4 Å². The smallest absolute Gasteiger partial charge is 0.321 e. The highest BCUT2D eigenvalue weighted by Crippen LogP contribution is 1.96. The average Bonchev–Trinajstić information content (AvgIpc) is 2.28. The van der Waals surface area contributed by atoms with Crippen LogP contribution in [-0.2, 0) is 14.4 Å². The Morgan fingerprint density at radius 1 is 0.895 bits per heavy atom. The van der Waals surface area contributed by atoms with Crippen molar-refractivity contribution < 1.29 is 29.7 Å². The monoisotopic (exact) mass is 279 g/mol. The second kappa shape index (κ2) is 11.4. The first-order valence-corrected chi connectivity index (χ1v) is 5.61. The van der Waals surface area contributed by atoms with E-state index in [-0.39, 0.29) is 0 Å². The van der Waals surface area contributed by atoms with Crippen LogP contribution in [-0.4, -0.2) is 51.9 Å². The highest BCUT2D eigenvalue weighted by atomic mass is 16.4. The summed E-state index contributed by atoms with van der Waals surface area (Å²) < 4.78 is 0. The molecule has 0 saturated heterocycles. The molecule has 0 aromatic heterocycles. The molecule has 19 heavy (non-hydrogen) atoms. The van der Waals surface area contributed by atoms with Crippen molar-refractivity contribution in [3.63, 3.8) is 0 Å². The van der Waals surface area contributed by atoms with Gasteiger partial charge in [0.25, 0.3) is 0 Å². The average molecular weight is 279 g/mol. The summed E-state index contributed by atoms with van der Waals surface area (Å²) in [4.78, 5) is 29.8. The second-order valence-corrected chi connectivity index (χ2v) is 3.77. The number of carboxylic acids is 3. The van der Waals surface area contributed by atoms with E-state index in [2.05, 4.69) is 0 Å². The van der Waals surface area contributed by atoms with Gasteiger partial charge in [-0.2, -0.15) is 0 Å². The van der Waals surface area contributed by atoms with Crippen molar-refractivity contribution in [3.8, 4) is 0 Å². The molecule has 0 aliphatic heterocycles. The van der Waals surface area contributed by atoms with Gasteiger partial charge in [0.1, 0.15) is 12.1 Å². The van der Waals surface area contributed by atoms with Crippen molar-refractivity contribution >= 4 is 17.9 Å². The first-order chi connectivity index (χ1) is 8.72. The standard InChI is InChI=1S/C6H14N2O2.C4H7NO4/c7-4-2-1-3-5(8)6(9)10;5-2(4(8)9)1-3(6)7/h5H,1-4,7-8H2,(H,9,10);2H,1,5H2,(H,6,7)(H,8,9)/t;2-/m.0/s1. The summed E-state index contributed by atoms with van der Waals surface area (Å²) in [7, 11) is 0. The van der Waals surface area contributed by atoms with Crippen LogP contribution >= 0.6 is 0 Å². The molecule has 0 amide bonds. The predicted molar refractivity (Wildman–Crippen MR) is 66.4 cm³/mol. The Morgan fingerprint density at radius 2 is 1.37 bits per heavy atom. The molecule has 0 saturated carbocycles. The van der Waals surface area contributed by atoms with Crippen LogP contribution in [0.5, 0.6) is 0 Å². The van der Waals surface area contributed by atoms with Crippen molar-refractivity contribution in [2.45, 2.75) is 37.8 Å². The summed E-state index contributed by atoms with van der Waals surface area (Å²) >= 11 is 0. The number of hydrogen-bond donors (Lipinski definition) is 6. The van der Waals surface area contributed by atoms with Gasteiger partial charge >= 0.3 is 17.9 Å². The molecule has 0 bridgehead atoms. The highest BCUT2D eigenvalue weighted by molar-refractivity contribution is 5.80. The Bertz CT molecular complexity index is 297. The third kappa shape index (κ3) is 14.2. The summed E-state index contributed by atoms with van der Waals surface area (Å²) in [6.07, 6.45) is 1.63. The van der Waals surface area contributed by atoms with Gasteiger partial charge < -0.3 is 32.5 Å². The molecule has 0 aromatic carbocycles. The summed E-state index contributed by atoms with van der Waals surface area (Å²) in [5.41, 5.74) is 15.3. The Hall–Kier alpha value is -1.71. The minimum Gasteiger partial charge on any atom is -0.481 e. The predicted octanol–water partition coefficient (Wildman–Crippen LogP) is -1.60. The molecule has 9 N–H and O–H groups in total. The Kier molecular flexibility index (Phi) is 11.8. The molecule has 0 rings (SSSR count). The van der Waals surface area contributed by atoms with Gasteiger partial charge in [-0.25, -0.2) is 0 Å². The Balaban J connectivity index is 0. The van der Waals surface area contributed by atoms with Gasteiger partial charge in [-0.1, -0.05) is 6.42 Å². The normalized spacial score (nSPS) is 12.8. The molecule has 0 spiro atoms. The minimum absolute atomic E-state index is 0.520. The Labute approximate surface area is 110 Å². The molecule has 1 unspecified atom stereocenters. The van der Waals surface area contributed by atoms with E-state index in [1.54, 1.807) is 0 Å². The van der Waals surface area contributed by atoms with Crippen LogP contribution in [0.4, 0.5) is 0 Å². The van der Waals surface area contributed by atoms with Crippen molar-refractivity contribution in [2.24, 2.45) is 17.2 Å². The first-order valence-electron chi connectivity index (χ1n) is 5.61.